The first-order chi connectivity index (χ1) is 9.78. The zero-order valence-corrected chi connectivity index (χ0v) is 10.9. The Bertz CT molecular complexity index is 668. The van der Waals surface area contributed by atoms with E-state index in [-0.39, 0.29) is 5.84 Å². The van der Waals surface area contributed by atoms with Gasteiger partial charge in [-0.3, -0.25) is 0 Å². The Morgan fingerprint density at radius 3 is 2.95 bits per heavy atom. The molecule has 0 amide bonds. The SMILES string of the molecule is N/C(=N\O)c1cccnc1Oc1ccc2c(c1)CCC2. The predicted molar refractivity (Wildman–Crippen MR) is 75.3 cm³/mol. The maximum atomic E-state index is 8.79. The normalized spacial score (nSPS) is 14.1. The summed E-state index contributed by atoms with van der Waals surface area (Å²) in [6, 6.07) is 9.46. The molecular formula is C15H15N3O2. The molecule has 2 aromatic rings. The highest BCUT2D eigenvalue weighted by atomic mass is 16.5. The quantitative estimate of drug-likeness (QED) is 0.388. The number of oxime groups is 1. The van der Waals surface area contributed by atoms with Crippen molar-refractivity contribution in [1.29, 1.82) is 0 Å². The van der Waals surface area contributed by atoms with Crippen molar-refractivity contribution in [3.8, 4) is 11.6 Å². The summed E-state index contributed by atoms with van der Waals surface area (Å²) in [5.74, 6) is 1.03. The van der Waals surface area contributed by atoms with Crippen molar-refractivity contribution in [2.75, 3.05) is 0 Å². The highest BCUT2D eigenvalue weighted by Gasteiger charge is 2.14. The van der Waals surface area contributed by atoms with Crippen LogP contribution in [0.15, 0.2) is 41.7 Å². The van der Waals surface area contributed by atoms with Crippen LogP contribution in [-0.2, 0) is 12.8 Å². The molecule has 0 fully saturated rings. The Labute approximate surface area is 116 Å². The van der Waals surface area contributed by atoms with E-state index in [1.807, 2.05) is 12.1 Å². The van der Waals surface area contributed by atoms with Crippen LogP contribution in [0.3, 0.4) is 0 Å². The molecule has 1 aromatic heterocycles. The lowest BCUT2D eigenvalue weighted by Crippen LogP contribution is -2.14. The summed E-state index contributed by atoms with van der Waals surface area (Å²) in [4.78, 5) is 4.14. The number of benzene rings is 1. The van der Waals surface area contributed by atoms with Gasteiger partial charge >= 0.3 is 0 Å². The van der Waals surface area contributed by atoms with Crippen LogP contribution in [0.25, 0.3) is 0 Å². The third-order valence-electron chi connectivity index (χ3n) is 3.44. The summed E-state index contributed by atoms with van der Waals surface area (Å²) in [6.07, 6.45) is 5.02. The van der Waals surface area contributed by atoms with Gasteiger partial charge in [-0.25, -0.2) is 4.98 Å². The first-order valence-corrected chi connectivity index (χ1v) is 6.50. The lowest BCUT2D eigenvalue weighted by Gasteiger charge is -2.10. The lowest BCUT2D eigenvalue weighted by molar-refractivity contribution is 0.318. The zero-order chi connectivity index (χ0) is 13.9. The molecule has 20 heavy (non-hydrogen) atoms. The van der Waals surface area contributed by atoms with Gasteiger partial charge < -0.3 is 15.7 Å². The van der Waals surface area contributed by atoms with Crippen LogP contribution < -0.4 is 10.5 Å². The molecule has 102 valence electrons. The number of aromatic nitrogens is 1. The highest BCUT2D eigenvalue weighted by molar-refractivity contribution is 5.99. The Balaban J connectivity index is 1.92. The molecule has 0 atom stereocenters. The molecule has 0 unspecified atom stereocenters. The molecule has 3 N–H and O–H groups in total. The van der Waals surface area contributed by atoms with Crippen LogP contribution >= 0.6 is 0 Å². The van der Waals surface area contributed by atoms with Gasteiger partial charge in [0.15, 0.2) is 5.84 Å². The Hall–Kier alpha value is -2.56. The number of amidine groups is 1. The van der Waals surface area contributed by atoms with Gasteiger partial charge in [0.2, 0.25) is 5.88 Å². The highest BCUT2D eigenvalue weighted by Crippen LogP contribution is 2.29. The van der Waals surface area contributed by atoms with Crippen LogP contribution in [0.2, 0.25) is 0 Å². The molecule has 3 rings (SSSR count). The largest absolute Gasteiger partial charge is 0.438 e. The van der Waals surface area contributed by atoms with Crippen molar-refractivity contribution >= 4 is 5.84 Å². The second-order valence-electron chi connectivity index (χ2n) is 4.73. The molecule has 0 saturated heterocycles. The average molecular weight is 269 g/mol. The van der Waals surface area contributed by atoms with Crippen molar-refractivity contribution < 1.29 is 9.94 Å². The summed E-state index contributed by atoms with van der Waals surface area (Å²) in [6.45, 7) is 0. The lowest BCUT2D eigenvalue weighted by atomic mass is 10.1. The second kappa shape index (κ2) is 5.21. The summed E-state index contributed by atoms with van der Waals surface area (Å²) < 4.78 is 5.77. The smallest absolute Gasteiger partial charge is 0.230 e. The van der Waals surface area contributed by atoms with Gasteiger partial charge in [0.1, 0.15) is 5.75 Å². The Kier molecular flexibility index (Phi) is 3.25. The Morgan fingerprint density at radius 1 is 1.25 bits per heavy atom. The minimum atomic E-state index is -0.0192. The average Bonchev–Trinajstić information content (AvgIpc) is 2.94. The number of aryl methyl sites for hydroxylation is 2. The molecule has 0 bridgehead atoms. The van der Waals surface area contributed by atoms with Gasteiger partial charge in [0, 0.05) is 6.20 Å². The number of nitrogens with zero attached hydrogens (tertiary/aromatic N) is 2. The first-order valence-electron chi connectivity index (χ1n) is 6.50. The van der Waals surface area contributed by atoms with Crippen LogP contribution in [0, 0.1) is 0 Å². The van der Waals surface area contributed by atoms with Gasteiger partial charge in [-0.2, -0.15) is 0 Å². The monoisotopic (exact) mass is 269 g/mol. The number of hydrogen-bond donors (Lipinski definition) is 2. The maximum absolute atomic E-state index is 8.79. The van der Waals surface area contributed by atoms with E-state index in [0.29, 0.717) is 11.4 Å². The molecule has 0 saturated carbocycles. The molecular weight excluding hydrogens is 254 g/mol. The maximum Gasteiger partial charge on any atom is 0.230 e. The molecule has 0 aliphatic heterocycles. The van der Waals surface area contributed by atoms with E-state index in [1.165, 1.54) is 17.5 Å². The van der Waals surface area contributed by atoms with E-state index in [2.05, 4.69) is 16.2 Å². The van der Waals surface area contributed by atoms with Crippen LogP contribution in [-0.4, -0.2) is 16.0 Å². The topological polar surface area (TPSA) is 80.7 Å². The van der Waals surface area contributed by atoms with E-state index < -0.39 is 0 Å². The zero-order valence-electron chi connectivity index (χ0n) is 10.9. The number of hydrogen-bond acceptors (Lipinski definition) is 4. The molecule has 1 aliphatic carbocycles. The number of ether oxygens (including phenoxy) is 1. The fourth-order valence-electron chi connectivity index (χ4n) is 2.44. The van der Waals surface area contributed by atoms with Gasteiger partial charge in [-0.15, -0.1) is 0 Å². The molecule has 0 spiro atoms. The van der Waals surface area contributed by atoms with Crippen LogP contribution in [0.1, 0.15) is 23.1 Å². The fourth-order valence-corrected chi connectivity index (χ4v) is 2.44. The molecule has 5 nitrogen and oxygen atoms in total. The molecule has 5 heteroatoms. The van der Waals surface area contributed by atoms with E-state index in [0.717, 1.165) is 18.6 Å². The Morgan fingerprint density at radius 2 is 2.10 bits per heavy atom. The van der Waals surface area contributed by atoms with Gasteiger partial charge in [-0.1, -0.05) is 11.2 Å². The fraction of sp³-hybridized carbons (Fsp3) is 0.200. The van der Waals surface area contributed by atoms with E-state index in [9.17, 15) is 0 Å². The number of fused-ring (bicyclic) bond motifs is 1. The van der Waals surface area contributed by atoms with Crippen molar-refractivity contribution in [3.63, 3.8) is 0 Å². The van der Waals surface area contributed by atoms with Crippen molar-refractivity contribution in [2.24, 2.45) is 10.9 Å². The summed E-state index contributed by atoms with van der Waals surface area (Å²) >= 11 is 0. The van der Waals surface area contributed by atoms with Crippen molar-refractivity contribution in [3.05, 3.63) is 53.2 Å². The minimum absolute atomic E-state index is 0.0192. The van der Waals surface area contributed by atoms with Crippen LogP contribution in [0.5, 0.6) is 11.6 Å². The molecule has 0 radical (unpaired) electrons. The summed E-state index contributed by atoms with van der Waals surface area (Å²) in [7, 11) is 0. The van der Waals surface area contributed by atoms with Gasteiger partial charge in [0.05, 0.1) is 5.56 Å². The van der Waals surface area contributed by atoms with Crippen molar-refractivity contribution in [2.45, 2.75) is 19.3 Å². The number of nitrogens with two attached hydrogens (primary N) is 1. The van der Waals surface area contributed by atoms with E-state index >= 15 is 0 Å². The van der Waals surface area contributed by atoms with Crippen molar-refractivity contribution in [1.82, 2.24) is 4.98 Å². The number of rotatable bonds is 3. The third kappa shape index (κ3) is 2.30. The molecule has 1 heterocycles. The van der Waals surface area contributed by atoms with E-state index in [1.54, 1.807) is 18.3 Å². The first kappa shape index (κ1) is 12.5. The molecule has 1 aliphatic rings. The third-order valence-corrected chi connectivity index (χ3v) is 3.44. The second-order valence-corrected chi connectivity index (χ2v) is 4.73. The number of pyridine rings is 1. The summed E-state index contributed by atoms with van der Waals surface area (Å²) in [5, 5.41) is 11.8. The molecule has 1 aromatic carbocycles. The predicted octanol–water partition coefficient (Wildman–Crippen LogP) is 2.46. The van der Waals surface area contributed by atoms with Crippen LogP contribution in [0.4, 0.5) is 0 Å². The minimum Gasteiger partial charge on any atom is -0.438 e. The van der Waals surface area contributed by atoms with Gasteiger partial charge in [-0.05, 0) is 54.7 Å². The van der Waals surface area contributed by atoms with Gasteiger partial charge in [0.25, 0.3) is 0 Å². The van der Waals surface area contributed by atoms with E-state index in [4.69, 9.17) is 15.7 Å². The summed E-state index contributed by atoms with van der Waals surface area (Å²) in [5.41, 5.74) is 8.79. The standard InChI is InChI=1S/C15H15N3O2/c16-14(18-19)13-5-2-8-17-15(13)20-12-7-6-10-3-1-4-11(10)9-12/h2,5-9,19H,1,3-4H2,(H2,16,18).